The van der Waals surface area contributed by atoms with Gasteiger partial charge in [-0.05, 0) is 30.7 Å². The van der Waals surface area contributed by atoms with Crippen LogP contribution in [0, 0.1) is 6.92 Å². The maximum atomic E-state index is 11.8. The van der Waals surface area contributed by atoms with Crippen molar-refractivity contribution in [2.45, 2.75) is 6.92 Å². The standard InChI is InChI=1S/C17H20N2O3/c1-13-7-3-4-8-14(13)19-17(20)18-11-12-22-16-10-6-5-9-15(16)21-2/h3-10H,11-12H2,1-2H3,(H2,18,19,20). The molecule has 0 heterocycles. The molecule has 116 valence electrons. The number of amides is 2. The van der Waals surface area contributed by atoms with Gasteiger partial charge in [0.2, 0.25) is 0 Å². The molecule has 22 heavy (non-hydrogen) atoms. The van der Waals surface area contributed by atoms with Crippen molar-refractivity contribution in [2.75, 3.05) is 25.6 Å². The lowest BCUT2D eigenvalue weighted by Crippen LogP contribution is -2.32. The summed E-state index contributed by atoms with van der Waals surface area (Å²) in [6, 6.07) is 14.8. The molecule has 2 N–H and O–H groups in total. The molecule has 2 rings (SSSR count). The minimum atomic E-state index is -0.252. The predicted molar refractivity (Wildman–Crippen MR) is 86.7 cm³/mol. The first-order chi connectivity index (χ1) is 10.7. The maximum absolute atomic E-state index is 11.8. The fraction of sp³-hybridized carbons (Fsp3) is 0.235. The molecule has 5 nitrogen and oxygen atoms in total. The Morgan fingerprint density at radius 1 is 1.05 bits per heavy atom. The second-order valence-electron chi connectivity index (χ2n) is 4.70. The molecule has 2 aromatic rings. The summed E-state index contributed by atoms with van der Waals surface area (Å²) in [5.74, 6) is 1.33. The van der Waals surface area contributed by atoms with E-state index in [9.17, 15) is 4.79 Å². The third kappa shape index (κ3) is 4.41. The van der Waals surface area contributed by atoms with Gasteiger partial charge in [0.05, 0.1) is 13.7 Å². The van der Waals surface area contributed by atoms with Gasteiger partial charge in [0.1, 0.15) is 6.61 Å². The van der Waals surface area contributed by atoms with Crippen molar-refractivity contribution in [2.24, 2.45) is 0 Å². The van der Waals surface area contributed by atoms with Crippen molar-refractivity contribution in [1.29, 1.82) is 0 Å². The Morgan fingerprint density at radius 2 is 1.73 bits per heavy atom. The Morgan fingerprint density at radius 3 is 2.45 bits per heavy atom. The summed E-state index contributed by atoms with van der Waals surface area (Å²) in [5, 5.41) is 5.55. The van der Waals surface area contributed by atoms with Crippen molar-refractivity contribution in [1.82, 2.24) is 5.32 Å². The van der Waals surface area contributed by atoms with Crippen LogP contribution in [-0.2, 0) is 0 Å². The molecule has 0 aliphatic carbocycles. The van der Waals surface area contributed by atoms with Gasteiger partial charge in [0.25, 0.3) is 0 Å². The number of urea groups is 1. The van der Waals surface area contributed by atoms with Gasteiger partial charge < -0.3 is 20.1 Å². The van der Waals surface area contributed by atoms with E-state index in [4.69, 9.17) is 9.47 Å². The molecule has 2 amide bonds. The van der Waals surface area contributed by atoms with E-state index in [1.165, 1.54) is 0 Å². The number of rotatable bonds is 6. The molecule has 0 fully saturated rings. The number of carbonyl (C=O) groups is 1. The summed E-state index contributed by atoms with van der Waals surface area (Å²) in [4.78, 5) is 11.8. The van der Waals surface area contributed by atoms with Crippen LogP contribution in [0.3, 0.4) is 0 Å². The van der Waals surface area contributed by atoms with Gasteiger partial charge in [0.15, 0.2) is 11.5 Å². The predicted octanol–water partition coefficient (Wildman–Crippen LogP) is 3.20. The average Bonchev–Trinajstić information content (AvgIpc) is 2.54. The van der Waals surface area contributed by atoms with E-state index in [2.05, 4.69) is 10.6 Å². The number of aryl methyl sites for hydroxylation is 1. The molecular formula is C17H20N2O3. The van der Waals surface area contributed by atoms with Gasteiger partial charge >= 0.3 is 6.03 Å². The van der Waals surface area contributed by atoms with Gasteiger partial charge in [-0.2, -0.15) is 0 Å². The highest BCUT2D eigenvalue weighted by Crippen LogP contribution is 2.25. The molecule has 0 radical (unpaired) electrons. The Bertz CT molecular complexity index is 629. The van der Waals surface area contributed by atoms with Gasteiger partial charge in [0, 0.05) is 5.69 Å². The van der Waals surface area contributed by atoms with Crippen LogP contribution in [0.5, 0.6) is 11.5 Å². The lowest BCUT2D eigenvalue weighted by molar-refractivity contribution is 0.246. The summed E-state index contributed by atoms with van der Waals surface area (Å²) in [6.45, 7) is 2.71. The minimum absolute atomic E-state index is 0.252. The van der Waals surface area contributed by atoms with E-state index < -0.39 is 0 Å². The van der Waals surface area contributed by atoms with Crippen molar-refractivity contribution in [3.63, 3.8) is 0 Å². The topological polar surface area (TPSA) is 59.6 Å². The van der Waals surface area contributed by atoms with Crippen molar-refractivity contribution < 1.29 is 14.3 Å². The third-order valence-corrected chi connectivity index (χ3v) is 3.11. The fourth-order valence-corrected chi connectivity index (χ4v) is 1.94. The summed E-state index contributed by atoms with van der Waals surface area (Å²) in [5.41, 5.74) is 1.81. The maximum Gasteiger partial charge on any atom is 0.319 e. The largest absolute Gasteiger partial charge is 0.493 e. The zero-order valence-corrected chi connectivity index (χ0v) is 12.8. The first kappa shape index (κ1) is 15.7. The molecule has 0 aliphatic rings. The average molecular weight is 300 g/mol. The molecule has 0 aliphatic heterocycles. The van der Waals surface area contributed by atoms with Gasteiger partial charge in [-0.1, -0.05) is 30.3 Å². The Balaban J connectivity index is 1.75. The lowest BCUT2D eigenvalue weighted by atomic mass is 10.2. The monoisotopic (exact) mass is 300 g/mol. The van der Waals surface area contributed by atoms with E-state index in [1.807, 2.05) is 55.5 Å². The third-order valence-electron chi connectivity index (χ3n) is 3.11. The first-order valence-corrected chi connectivity index (χ1v) is 7.07. The highest BCUT2D eigenvalue weighted by molar-refractivity contribution is 5.89. The molecule has 5 heteroatoms. The molecule has 0 spiro atoms. The SMILES string of the molecule is COc1ccccc1OCCNC(=O)Nc1ccccc1C. The highest BCUT2D eigenvalue weighted by atomic mass is 16.5. The Labute approximate surface area is 130 Å². The smallest absolute Gasteiger partial charge is 0.319 e. The van der Waals surface area contributed by atoms with Gasteiger partial charge in [-0.3, -0.25) is 0 Å². The number of hydrogen-bond acceptors (Lipinski definition) is 3. The number of hydrogen-bond donors (Lipinski definition) is 2. The van der Waals surface area contributed by atoms with E-state index >= 15 is 0 Å². The van der Waals surface area contributed by atoms with Crippen LogP contribution in [-0.4, -0.2) is 26.3 Å². The normalized spacial score (nSPS) is 9.91. The molecule has 0 atom stereocenters. The Hall–Kier alpha value is -2.69. The van der Waals surface area contributed by atoms with Gasteiger partial charge in [-0.15, -0.1) is 0 Å². The minimum Gasteiger partial charge on any atom is -0.493 e. The van der Waals surface area contributed by atoms with Crippen LogP contribution < -0.4 is 20.1 Å². The lowest BCUT2D eigenvalue weighted by Gasteiger charge is -2.12. The Kier molecular flexibility index (Phi) is 5.65. The van der Waals surface area contributed by atoms with Crippen LogP contribution in [0.15, 0.2) is 48.5 Å². The number of nitrogens with one attached hydrogen (secondary N) is 2. The van der Waals surface area contributed by atoms with Crippen molar-refractivity contribution in [3.05, 3.63) is 54.1 Å². The summed E-state index contributed by atoms with van der Waals surface area (Å²) in [6.07, 6.45) is 0. The molecule has 0 unspecified atom stereocenters. The summed E-state index contributed by atoms with van der Waals surface area (Å²) >= 11 is 0. The van der Waals surface area contributed by atoms with Crippen molar-refractivity contribution >= 4 is 11.7 Å². The van der Waals surface area contributed by atoms with E-state index in [-0.39, 0.29) is 6.03 Å². The number of anilines is 1. The van der Waals surface area contributed by atoms with Crippen LogP contribution >= 0.6 is 0 Å². The number of methoxy groups -OCH3 is 1. The van der Waals surface area contributed by atoms with Crippen LogP contribution in [0.2, 0.25) is 0 Å². The number of ether oxygens (including phenoxy) is 2. The molecular weight excluding hydrogens is 280 g/mol. The zero-order valence-electron chi connectivity index (χ0n) is 12.8. The van der Waals surface area contributed by atoms with E-state index in [1.54, 1.807) is 7.11 Å². The fourth-order valence-electron chi connectivity index (χ4n) is 1.94. The molecule has 0 saturated carbocycles. The first-order valence-electron chi connectivity index (χ1n) is 7.07. The second-order valence-corrected chi connectivity index (χ2v) is 4.70. The highest BCUT2D eigenvalue weighted by Gasteiger charge is 2.04. The van der Waals surface area contributed by atoms with Crippen LogP contribution in [0.1, 0.15) is 5.56 Å². The van der Waals surface area contributed by atoms with Crippen LogP contribution in [0.25, 0.3) is 0 Å². The molecule has 0 bridgehead atoms. The quantitative estimate of drug-likeness (QED) is 0.805. The molecule has 0 aromatic heterocycles. The molecule has 0 saturated heterocycles. The summed E-state index contributed by atoms with van der Waals surface area (Å²) in [7, 11) is 1.59. The molecule has 2 aromatic carbocycles. The zero-order chi connectivity index (χ0) is 15.8. The second kappa shape index (κ2) is 7.93. The number of carbonyl (C=O) groups excluding carboxylic acids is 1. The van der Waals surface area contributed by atoms with Crippen LogP contribution in [0.4, 0.5) is 10.5 Å². The number of benzene rings is 2. The van der Waals surface area contributed by atoms with E-state index in [0.29, 0.717) is 24.7 Å². The van der Waals surface area contributed by atoms with Gasteiger partial charge in [-0.25, -0.2) is 4.79 Å². The van der Waals surface area contributed by atoms with Crippen molar-refractivity contribution in [3.8, 4) is 11.5 Å². The number of para-hydroxylation sites is 3. The summed E-state index contributed by atoms with van der Waals surface area (Å²) < 4.78 is 10.8. The van der Waals surface area contributed by atoms with E-state index in [0.717, 1.165) is 11.3 Å².